The fraction of sp³-hybridized carbons (Fsp3) is 0. The average molecular weight is 332 g/mol. The van der Waals surface area contributed by atoms with Crippen molar-refractivity contribution < 1.29 is 0 Å². The monoisotopic (exact) mass is 332 g/mol. The van der Waals surface area contributed by atoms with E-state index in [-0.39, 0.29) is 32.0 Å². The van der Waals surface area contributed by atoms with Crippen LogP contribution in [0.15, 0.2) is 0 Å². The molecule has 0 aromatic heterocycles. The number of rotatable bonds is 0. The fourth-order valence-electron chi connectivity index (χ4n) is 0. The minimum atomic E-state index is -0.0208. The third-order valence-electron chi connectivity index (χ3n) is 0. The molecule has 0 aliphatic carbocycles. The predicted octanol–water partition coefficient (Wildman–Crippen LogP) is -0.641. The summed E-state index contributed by atoms with van der Waals surface area (Å²) in [5.74, 6) is 0. The van der Waals surface area contributed by atoms with Crippen molar-refractivity contribution >= 4 is 48.0 Å². The van der Waals surface area contributed by atoms with Gasteiger partial charge in [-0.05, 0) is 15.9 Å². The summed E-state index contributed by atoms with van der Waals surface area (Å²) in [6.07, 6.45) is 0. The predicted molar refractivity (Wildman–Crippen MR) is 29.4 cm³/mol. The Hall–Kier alpha value is 0.872. The van der Waals surface area contributed by atoms with Gasteiger partial charge < -0.3 is 5.73 Å². The van der Waals surface area contributed by atoms with Crippen molar-refractivity contribution in [2.24, 2.45) is 5.73 Å². The minimum absolute atomic E-state index is 0. The van der Waals surface area contributed by atoms with Crippen LogP contribution in [0.25, 0.3) is 0 Å². The Morgan fingerprint density at radius 2 is 1.80 bits per heavy atom. The maximum absolute atomic E-state index is 6.19. The summed E-state index contributed by atoms with van der Waals surface area (Å²) in [6.45, 7) is 0. The molecule has 0 heterocycles. The number of hydrogen-bond donors (Lipinski definition) is 2. The standard InChI is InChI=1S/CH3BrN2.Pb.2H/c2-1(3)4;;;/h(H3,3,4);;;. The van der Waals surface area contributed by atoms with Crippen molar-refractivity contribution in [2.75, 3.05) is 0 Å². The Kier molecular flexibility index (Phi) is 9.06. The van der Waals surface area contributed by atoms with E-state index in [1.165, 1.54) is 0 Å². The Morgan fingerprint density at radius 3 is 1.80 bits per heavy atom. The van der Waals surface area contributed by atoms with Gasteiger partial charge in [0.25, 0.3) is 0 Å². The van der Waals surface area contributed by atoms with Crippen molar-refractivity contribution in [2.45, 2.75) is 0 Å². The van der Waals surface area contributed by atoms with E-state index < -0.39 is 0 Å². The quantitative estimate of drug-likeness (QED) is 0.264. The maximum atomic E-state index is 6.19. The SMILES string of the molecule is N=C(N)Br.[PbH2]. The van der Waals surface area contributed by atoms with Gasteiger partial charge in [0.2, 0.25) is 0 Å². The van der Waals surface area contributed by atoms with Crippen LogP contribution in [0.5, 0.6) is 0 Å². The van der Waals surface area contributed by atoms with Crippen LogP contribution in [-0.2, 0) is 0 Å². The van der Waals surface area contributed by atoms with Crippen LogP contribution in [-0.4, -0.2) is 32.0 Å². The fourth-order valence-corrected chi connectivity index (χ4v) is 0. The molecule has 0 aromatic carbocycles. The van der Waals surface area contributed by atoms with Crippen LogP contribution < -0.4 is 5.73 Å². The molecule has 3 N–H and O–H groups in total. The van der Waals surface area contributed by atoms with Gasteiger partial charge in [0.15, 0.2) is 4.74 Å². The summed E-state index contributed by atoms with van der Waals surface area (Å²) in [5.41, 5.74) is 4.61. The van der Waals surface area contributed by atoms with Crippen molar-refractivity contribution in [1.29, 1.82) is 5.41 Å². The summed E-state index contributed by atoms with van der Waals surface area (Å²) in [4.78, 5) is 0. The summed E-state index contributed by atoms with van der Waals surface area (Å²) < 4.78 is -0.0208. The first-order valence-corrected chi connectivity index (χ1v) is 1.52. The zero-order valence-corrected chi connectivity index (χ0v) is 9.75. The van der Waals surface area contributed by atoms with E-state index in [0.29, 0.717) is 0 Å². The molecule has 5 heavy (non-hydrogen) atoms. The van der Waals surface area contributed by atoms with Gasteiger partial charge in [-0.25, -0.2) is 0 Å². The molecule has 30 valence electrons. The second-order valence-corrected chi connectivity index (χ2v) is 1.20. The third kappa shape index (κ3) is 52.8. The first-order valence-electron chi connectivity index (χ1n) is 0.728. The first kappa shape index (κ1) is 9.30. The van der Waals surface area contributed by atoms with E-state index in [9.17, 15) is 0 Å². The zero-order chi connectivity index (χ0) is 3.58. The number of amidine groups is 1. The van der Waals surface area contributed by atoms with E-state index in [0.717, 1.165) is 0 Å². The molecule has 0 bridgehead atoms. The Labute approximate surface area is 58.9 Å². The van der Waals surface area contributed by atoms with Crippen LogP contribution >= 0.6 is 15.9 Å². The molecule has 0 aliphatic heterocycles. The zero-order valence-electron chi connectivity index (χ0n) is 2.66. The molecule has 2 nitrogen and oxygen atoms in total. The van der Waals surface area contributed by atoms with Crippen molar-refractivity contribution in [3.8, 4) is 0 Å². The van der Waals surface area contributed by atoms with Gasteiger partial charge in [0.1, 0.15) is 0 Å². The molecule has 0 fully saturated rings. The van der Waals surface area contributed by atoms with Crippen molar-refractivity contribution in [1.82, 2.24) is 0 Å². The third-order valence-corrected chi connectivity index (χ3v) is 0. The molecule has 0 saturated carbocycles. The molecule has 0 unspecified atom stereocenters. The molecule has 0 spiro atoms. The Bertz CT molecular complexity index is 32.6. The molecule has 4 heteroatoms. The van der Waals surface area contributed by atoms with Gasteiger partial charge in [0, 0.05) is 0 Å². The van der Waals surface area contributed by atoms with E-state index >= 15 is 0 Å². The average Bonchev–Trinajstić information content (AvgIpc) is 0.811. The summed E-state index contributed by atoms with van der Waals surface area (Å²) in [7, 11) is 0. The van der Waals surface area contributed by atoms with E-state index in [2.05, 4.69) is 21.7 Å². The Balaban J connectivity index is 0. The van der Waals surface area contributed by atoms with Gasteiger partial charge in [0.05, 0.1) is 0 Å². The molecule has 0 atom stereocenters. The van der Waals surface area contributed by atoms with Crippen LogP contribution in [0.3, 0.4) is 0 Å². The van der Waals surface area contributed by atoms with Crippen molar-refractivity contribution in [3.05, 3.63) is 0 Å². The summed E-state index contributed by atoms with van der Waals surface area (Å²) in [6, 6.07) is 0. The van der Waals surface area contributed by atoms with E-state index in [4.69, 9.17) is 5.41 Å². The van der Waals surface area contributed by atoms with Crippen LogP contribution in [0.1, 0.15) is 0 Å². The van der Waals surface area contributed by atoms with Gasteiger partial charge in [-0.2, -0.15) is 0 Å². The van der Waals surface area contributed by atoms with Gasteiger partial charge in [-0.15, -0.1) is 0 Å². The number of halogens is 1. The van der Waals surface area contributed by atoms with Gasteiger partial charge in [-0.3, -0.25) is 5.41 Å². The van der Waals surface area contributed by atoms with Gasteiger partial charge >= 0.3 is 27.3 Å². The molecule has 0 amide bonds. The van der Waals surface area contributed by atoms with Crippen LogP contribution in [0.4, 0.5) is 0 Å². The van der Waals surface area contributed by atoms with Crippen LogP contribution in [0.2, 0.25) is 0 Å². The van der Waals surface area contributed by atoms with Crippen LogP contribution in [0, 0.1) is 5.41 Å². The summed E-state index contributed by atoms with van der Waals surface area (Å²) >= 11 is 2.63. The molecular weight excluding hydrogens is 327 g/mol. The second-order valence-electron chi connectivity index (χ2n) is 0.348. The van der Waals surface area contributed by atoms with E-state index in [1.54, 1.807) is 0 Å². The second kappa shape index (κ2) is 4.87. The molecule has 0 aliphatic rings. The normalized spacial score (nSPS) is 5.00. The van der Waals surface area contributed by atoms with Crippen molar-refractivity contribution in [3.63, 3.8) is 0 Å². The number of hydrogen-bond acceptors (Lipinski definition) is 1. The number of nitrogens with two attached hydrogens (primary N) is 1. The molecule has 2 radical (unpaired) electrons. The van der Waals surface area contributed by atoms with Gasteiger partial charge in [-0.1, -0.05) is 0 Å². The summed E-state index contributed by atoms with van der Waals surface area (Å²) in [5, 5.41) is 6.19. The van der Waals surface area contributed by atoms with E-state index in [1.807, 2.05) is 0 Å². The topological polar surface area (TPSA) is 49.9 Å². The first-order chi connectivity index (χ1) is 1.73. The molecule has 0 rings (SSSR count). The molecular formula is CH5BrN2Pb. The molecule has 0 aromatic rings. The number of nitrogens with one attached hydrogen (secondary N) is 1. The molecule has 0 saturated heterocycles. The Morgan fingerprint density at radius 1 is 1.80 bits per heavy atom.